The normalized spacial score (nSPS) is 29.8. The molecule has 1 heterocycles. The number of ether oxygens (including phenoxy) is 2. The largest absolute Gasteiger partial charge is 0.485 e. The van der Waals surface area contributed by atoms with E-state index >= 15 is 0 Å². The fraction of sp³-hybridized carbons (Fsp3) is 0.455. The van der Waals surface area contributed by atoms with Crippen molar-refractivity contribution >= 4 is 0 Å². The highest BCUT2D eigenvalue weighted by Gasteiger charge is 2.38. The molecule has 0 spiro atoms. The molecular formula is C22H25NO2. The van der Waals surface area contributed by atoms with Gasteiger partial charge < -0.3 is 14.8 Å². The van der Waals surface area contributed by atoms with Gasteiger partial charge in [-0.25, -0.2) is 0 Å². The van der Waals surface area contributed by atoms with Gasteiger partial charge >= 0.3 is 0 Å². The van der Waals surface area contributed by atoms with Crippen LogP contribution in [0.3, 0.4) is 0 Å². The van der Waals surface area contributed by atoms with Crippen LogP contribution in [0.15, 0.2) is 48.5 Å². The second kappa shape index (κ2) is 6.38. The monoisotopic (exact) mass is 335 g/mol. The zero-order chi connectivity index (χ0) is 16.6. The Morgan fingerprint density at radius 2 is 1.76 bits per heavy atom. The number of benzene rings is 2. The molecular weight excluding hydrogens is 310 g/mol. The lowest BCUT2D eigenvalue weighted by Gasteiger charge is -2.27. The van der Waals surface area contributed by atoms with Crippen molar-refractivity contribution in [3.63, 3.8) is 0 Å². The van der Waals surface area contributed by atoms with Crippen molar-refractivity contribution in [1.29, 1.82) is 0 Å². The minimum absolute atomic E-state index is 0.0255. The number of fused-ring (bicyclic) bond motifs is 3. The molecule has 0 saturated heterocycles. The molecule has 2 aliphatic carbocycles. The van der Waals surface area contributed by atoms with Crippen molar-refractivity contribution in [2.45, 2.75) is 44.4 Å². The lowest BCUT2D eigenvalue weighted by molar-refractivity contribution is 0.0913. The van der Waals surface area contributed by atoms with Crippen LogP contribution in [0, 0.1) is 11.8 Å². The molecule has 1 aliphatic heterocycles. The van der Waals surface area contributed by atoms with Crippen LogP contribution >= 0.6 is 0 Å². The molecule has 25 heavy (non-hydrogen) atoms. The summed E-state index contributed by atoms with van der Waals surface area (Å²) in [7, 11) is 0. The summed E-state index contributed by atoms with van der Waals surface area (Å²) in [4.78, 5) is 0. The van der Waals surface area contributed by atoms with Gasteiger partial charge in [-0.2, -0.15) is 0 Å². The first kappa shape index (κ1) is 15.3. The van der Waals surface area contributed by atoms with Crippen molar-refractivity contribution in [1.82, 2.24) is 5.32 Å². The van der Waals surface area contributed by atoms with Crippen molar-refractivity contribution in [2.75, 3.05) is 6.61 Å². The number of para-hydroxylation sites is 2. The van der Waals surface area contributed by atoms with Crippen LogP contribution in [0.25, 0.3) is 0 Å². The highest BCUT2D eigenvalue weighted by molar-refractivity contribution is 5.41. The maximum atomic E-state index is 6.09. The maximum absolute atomic E-state index is 6.09. The molecule has 130 valence electrons. The van der Waals surface area contributed by atoms with Gasteiger partial charge in [0, 0.05) is 12.6 Å². The zero-order valence-corrected chi connectivity index (χ0v) is 14.5. The molecule has 2 fully saturated rings. The number of nitrogens with one attached hydrogen (secondary N) is 1. The van der Waals surface area contributed by atoms with Crippen LogP contribution < -0.4 is 14.8 Å². The van der Waals surface area contributed by atoms with Crippen molar-refractivity contribution in [2.24, 2.45) is 11.8 Å². The van der Waals surface area contributed by atoms with Gasteiger partial charge in [-0.1, -0.05) is 42.8 Å². The van der Waals surface area contributed by atoms with Gasteiger partial charge in [0.1, 0.15) is 6.61 Å². The lowest BCUT2D eigenvalue weighted by Crippen LogP contribution is -2.33. The summed E-state index contributed by atoms with van der Waals surface area (Å²) in [5, 5.41) is 3.79. The van der Waals surface area contributed by atoms with Crippen molar-refractivity contribution in [3.8, 4) is 11.5 Å². The number of rotatable bonds is 4. The van der Waals surface area contributed by atoms with Gasteiger partial charge in [-0.05, 0) is 54.4 Å². The quantitative estimate of drug-likeness (QED) is 0.894. The van der Waals surface area contributed by atoms with Crippen LogP contribution in [0.1, 0.15) is 42.9 Å². The second-order valence-corrected chi connectivity index (χ2v) is 7.77. The Morgan fingerprint density at radius 1 is 0.920 bits per heavy atom. The van der Waals surface area contributed by atoms with Gasteiger partial charge in [0.25, 0.3) is 0 Å². The molecule has 3 aliphatic rings. The molecule has 0 radical (unpaired) electrons. The van der Waals surface area contributed by atoms with Crippen LogP contribution in [0.4, 0.5) is 0 Å². The first-order valence-electron chi connectivity index (χ1n) is 9.56. The third-order valence-electron chi connectivity index (χ3n) is 6.17. The van der Waals surface area contributed by atoms with Gasteiger partial charge in [-0.15, -0.1) is 0 Å². The van der Waals surface area contributed by atoms with E-state index < -0.39 is 0 Å². The molecule has 4 atom stereocenters. The molecule has 2 bridgehead atoms. The Labute approximate surface area is 149 Å². The molecule has 1 N–H and O–H groups in total. The van der Waals surface area contributed by atoms with Crippen molar-refractivity contribution in [3.05, 3.63) is 59.7 Å². The maximum Gasteiger partial charge on any atom is 0.162 e. The van der Waals surface area contributed by atoms with E-state index in [1.54, 1.807) is 0 Å². The predicted octanol–water partition coefficient (Wildman–Crippen LogP) is 4.48. The molecule has 0 aromatic heterocycles. The molecule has 0 amide bonds. The second-order valence-electron chi connectivity index (χ2n) is 7.77. The minimum atomic E-state index is -0.0255. The third-order valence-corrected chi connectivity index (χ3v) is 6.17. The summed E-state index contributed by atoms with van der Waals surface area (Å²) >= 11 is 0. The molecule has 5 rings (SSSR count). The van der Waals surface area contributed by atoms with Crippen LogP contribution in [-0.4, -0.2) is 12.6 Å². The lowest BCUT2D eigenvalue weighted by atomic mass is 9.95. The van der Waals surface area contributed by atoms with E-state index in [9.17, 15) is 0 Å². The molecule has 2 aromatic rings. The van der Waals surface area contributed by atoms with Gasteiger partial charge in [-0.3, -0.25) is 0 Å². The smallest absolute Gasteiger partial charge is 0.162 e. The fourth-order valence-electron chi connectivity index (χ4n) is 4.78. The van der Waals surface area contributed by atoms with E-state index in [0.29, 0.717) is 6.61 Å². The van der Waals surface area contributed by atoms with Gasteiger partial charge in [0.05, 0.1) is 0 Å². The summed E-state index contributed by atoms with van der Waals surface area (Å²) < 4.78 is 11.9. The highest BCUT2D eigenvalue weighted by Crippen LogP contribution is 2.44. The Hall–Kier alpha value is -2.00. The fourth-order valence-corrected chi connectivity index (χ4v) is 4.78. The van der Waals surface area contributed by atoms with E-state index in [-0.39, 0.29) is 6.10 Å². The zero-order valence-electron chi connectivity index (χ0n) is 14.5. The standard InChI is InChI=1S/C22H25NO2/c1-2-4-21-20(3-1)24-14-22(25-21)17-8-5-15(6-9-17)13-23-19-12-16-7-10-18(19)11-16/h1-6,8-9,16,18-19,22-23H,7,10-14H2/t16?,18?,19?,22-/m1/s1. The first-order valence-corrected chi connectivity index (χ1v) is 9.56. The van der Waals surface area contributed by atoms with Gasteiger partial charge in [0.2, 0.25) is 0 Å². The van der Waals surface area contributed by atoms with E-state index in [4.69, 9.17) is 9.47 Å². The Bertz CT molecular complexity index is 742. The highest BCUT2D eigenvalue weighted by atomic mass is 16.6. The van der Waals surface area contributed by atoms with E-state index in [1.807, 2.05) is 24.3 Å². The number of hydrogen-bond acceptors (Lipinski definition) is 3. The molecule has 3 nitrogen and oxygen atoms in total. The average molecular weight is 335 g/mol. The summed E-state index contributed by atoms with van der Waals surface area (Å²) in [6.45, 7) is 1.54. The Kier molecular flexibility index (Phi) is 3.90. The van der Waals surface area contributed by atoms with Crippen molar-refractivity contribution < 1.29 is 9.47 Å². The van der Waals surface area contributed by atoms with Crippen LogP contribution in [0.2, 0.25) is 0 Å². The SMILES string of the molecule is c1ccc2c(c1)OC[C@H](c1ccc(CNC3CC4CCC3C4)cc1)O2. The molecule has 3 unspecified atom stereocenters. The molecule has 2 aromatic carbocycles. The average Bonchev–Trinajstić information content (AvgIpc) is 3.30. The van der Waals surface area contributed by atoms with Gasteiger partial charge in [0.15, 0.2) is 17.6 Å². The summed E-state index contributed by atoms with van der Waals surface area (Å²) in [5.74, 6) is 3.60. The Morgan fingerprint density at radius 3 is 2.52 bits per heavy atom. The molecule has 3 heteroatoms. The summed E-state index contributed by atoms with van der Waals surface area (Å²) in [6, 6.07) is 17.4. The molecule has 2 saturated carbocycles. The number of hydrogen-bond donors (Lipinski definition) is 1. The summed E-state index contributed by atoms with van der Waals surface area (Å²) in [6.07, 6.45) is 5.71. The van der Waals surface area contributed by atoms with E-state index in [1.165, 1.54) is 36.8 Å². The topological polar surface area (TPSA) is 30.5 Å². The van der Waals surface area contributed by atoms with E-state index in [2.05, 4.69) is 29.6 Å². The van der Waals surface area contributed by atoms with Crippen LogP contribution in [-0.2, 0) is 6.54 Å². The van der Waals surface area contributed by atoms with E-state index in [0.717, 1.165) is 35.9 Å². The predicted molar refractivity (Wildman–Crippen MR) is 97.8 cm³/mol. The summed E-state index contributed by atoms with van der Waals surface area (Å²) in [5.41, 5.74) is 2.53. The Balaban J connectivity index is 1.21. The first-order chi connectivity index (χ1) is 12.3. The van der Waals surface area contributed by atoms with Crippen LogP contribution in [0.5, 0.6) is 11.5 Å². The minimum Gasteiger partial charge on any atom is -0.485 e. The third kappa shape index (κ3) is 3.02.